The lowest BCUT2D eigenvalue weighted by Gasteiger charge is -2.25. The van der Waals surface area contributed by atoms with Crippen LogP contribution in [-0.2, 0) is 17.6 Å². The van der Waals surface area contributed by atoms with Gasteiger partial charge < -0.3 is 5.11 Å². The molecule has 0 aromatic carbocycles. The standard InChI is InChI=1S/C19H20F3NO2S/c1-9(26-19-10(2)18(22)15(20)8-16(19)21)5-13-6-14(7-17(24)25)12(4)23-11(13)3/h6,8,10,19H,1,5,7H2,2-4H3,(H,24,25). The van der Waals surface area contributed by atoms with Crippen LogP contribution in [0.15, 0.2) is 41.1 Å². The molecule has 26 heavy (non-hydrogen) atoms. The molecule has 3 nitrogen and oxygen atoms in total. The SMILES string of the molecule is C=C(Cc1cc(CC(=O)O)c(C)nc1C)SC1C(F)=CC(F)=C(F)C1C. The first-order valence-corrected chi connectivity index (χ1v) is 8.92. The summed E-state index contributed by atoms with van der Waals surface area (Å²) in [6.45, 7) is 8.87. The highest BCUT2D eigenvalue weighted by molar-refractivity contribution is 8.03. The molecule has 7 heteroatoms. The van der Waals surface area contributed by atoms with Crippen LogP contribution in [0.5, 0.6) is 0 Å². The van der Waals surface area contributed by atoms with Crippen molar-refractivity contribution in [1.29, 1.82) is 0 Å². The van der Waals surface area contributed by atoms with E-state index in [-0.39, 0.29) is 6.42 Å². The zero-order chi connectivity index (χ0) is 19.6. The van der Waals surface area contributed by atoms with Gasteiger partial charge in [0, 0.05) is 29.8 Å². The molecule has 0 radical (unpaired) electrons. The van der Waals surface area contributed by atoms with Crippen LogP contribution in [0.3, 0.4) is 0 Å². The van der Waals surface area contributed by atoms with Crippen molar-refractivity contribution in [2.45, 2.75) is 38.9 Å². The Labute approximate surface area is 154 Å². The van der Waals surface area contributed by atoms with Crippen molar-refractivity contribution in [3.63, 3.8) is 0 Å². The fraction of sp³-hybridized carbons (Fsp3) is 0.368. The molecule has 140 valence electrons. The van der Waals surface area contributed by atoms with Crippen molar-refractivity contribution in [1.82, 2.24) is 4.98 Å². The van der Waals surface area contributed by atoms with E-state index in [0.29, 0.717) is 28.7 Å². The van der Waals surface area contributed by atoms with Crippen molar-refractivity contribution in [3.8, 4) is 0 Å². The highest BCUT2D eigenvalue weighted by Crippen LogP contribution is 2.42. The van der Waals surface area contributed by atoms with Crippen molar-refractivity contribution in [3.05, 3.63) is 63.6 Å². The smallest absolute Gasteiger partial charge is 0.307 e. The predicted octanol–water partition coefficient (Wildman–Crippen LogP) is 5.14. The van der Waals surface area contributed by atoms with Gasteiger partial charge in [-0.1, -0.05) is 19.6 Å². The number of pyridine rings is 1. The summed E-state index contributed by atoms with van der Waals surface area (Å²) in [5.74, 6) is -4.75. The largest absolute Gasteiger partial charge is 0.481 e. The lowest BCUT2D eigenvalue weighted by molar-refractivity contribution is -0.136. The number of hydrogen-bond donors (Lipinski definition) is 1. The molecule has 0 fully saturated rings. The van der Waals surface area contributed by atoms with E-state index in [1.807, 2.05) is 0 Å². The highest BCUT2D eigenvalue weighted by Gasteiger charge is 2.33. The van der Waals surface area contributed by atoms with E-state index in [1.54, 1.807) is 19.9 Å². The minimum atomic E-state index is -1.17. The van der Waals surface area contributed by atoms with Crippen LogP contribution in [0, 0.1) is 19.8 Å². The Morgan fingerprint density at radius 2 is 1.81 bits per heavy atom. The molecule has 1 aliphatic rings. The van der Waals surface area contributed by atoms with Crippen LogP contribution < -0.4 is 0 Å². The Bertz CT molecular complexity index is 817. The number of carbonyl (C=O) groups is 1. The average molecular weight is 383 g/mol. The second-order valence-electron chi connectivity index (χ2n) is 6.32. The molecule has 1 heterocycles. The number of allylic oxidation sites excluding steroid dienone is 4. The fourth-order valence-corrected chi connectivity index (χ4v) is 3.89. The third-order valence-corrected chi connectivity index (χ3v) is 5.62. The summed E-state index contributed by atoms with van der Waals surface area (Å²) in [7, 11) is 0. The number of aliphatic carboxylic acids is 1. The number of halogens is 3. The van der Waals surface area contributed by atoms with E-state index >= 15 is 0 Å². The number of thioether (sulfide) groups is 1. The molecule has 2 unspecified atom stereocenters. The van der Waals surface area contributed by atoms with Gasteiger partial charge in [0.05, 0.1) is 11.7 Å². The molecule has 0 saturated heterocycles. The molecule has 1 N–H and O–H groups in total. The second kappa shape index (κ2) is 8.12. The first-order chi connectivity index (χ1) is 12.1. The lowest BCUT2D eigenvalue weighted by atomic mass is 9.99. The van der Waals surface area contributed by atoms with E-state index in [0.717, 1.165) is 23.0 Å². The van der Waals surface area contributed by atoms with Crippen LogP contribution in [0.25, 0.3) is 0 Å². The quantitative estimate of drug-likeness (QED) is 0.739. The Balaban J connectivity index is 2.16. The summed E-state index contributed by atoms with van der Waals surface area (Å²) in [5, 5.41) is 8.11. The number of carboxylic acid groups (broad SMARTS) is 1. The minimum absolute atomic E-state index is 0.141. The summed E-state index contributed by atoms with van der Waals surface area (Å²) >= 11 is 1.05. The van der Waals surface area contributed by atoms with Crippen LogP contribution in [-0.4, -0.2) is 21.3 Å². The number of hydrogen-bond acceptors (Lipinski definition) is 3. The van der Waals surface area contributed by atoms with E-state index in [1.165, 1.54) is 6.92 Å². The zero-order valence-corrected chi connectivity index (χ0v) is 15.6. The van der Waals surface area contributed by atoms with E-state index in [4.69, 9.17) is 5.11 Å². The number of aryl methyl sites for hydroxylation is 2. The van der Waals surface area contributed by atoms with Gasteiger partial charge in [0.15, 0.2) is 5.83 Å². The third kappa shape index (κ3) is 4.58. The van der Waals surface area contributed by atoms with Gasteiger partial charge in [0.2, 0.25) is 0 Å². The maximum atomic E-state index is 14.0. The van der Waals surface area contributed by atoms with Gasteiger partial charge in [0.25, 0.3) is 0 Å². The molecule has 0 saturated carbocycles. The molecule has 0 bridgehead atoms. The molecular weight excluding hydrogens is 363 g/mol. The molecule has 0 aliphatic heterocycles. The molecule has 0 spiro atoms. The normalized spacial score (nSPS) is 20.2. The van der Waals surface area contributed by atoms with E-state index in [2.05, 4.69) is 11.6 Å². The first-order valence-electron chi connectivity index (χ1n) is 8.04. The Morgan fingerprint density at radius 3 is 2.38 bits per heavy atom. The topological polar surface area (TPSA) is 50.2 Å². The molecule has 1 aliphatic carbocycles. The number of carboxylic acids is 1. The van der Waals surface area contributed by atoms with Crippen molar-refractivity contribution in [2.24, 2.45) is 5.92 Å². The fourth-order valence-electron chi connectivity index (χ4n) is 2.79. The molecule has 2 rings (SSSR count). The van der Waals surface area contributed by atoms with Crippen LogP contribution in [0.2, 0.25) is 0 Å². The van der Waals surface area contributed by atoms with Gasteiger partial charge in [-0.15, -0.1) is 11.8 Å². The van der Waals surface area contributed by atoms with Crippen LogP contribution >= 0.6 is 11.8 Å². The summed E-state index contributed by atoms with van der Waals surface area (Å²) < 4.78 is 41.1. The average Bonchev–Trinajstić information content (AvgIpc) is 2.53. The van der Waals surface area contributed by atoms with E-state index in [9.17, 15) is 18.0 Å². The molecule has 1 aromatic heterocycles. The van der Waals surface area contributed by atoms with Crippen LogP contribution in [0.1, 0.15) is 29.4 Å². The van der Waals surface area contributed by atoms with Crippen LogP contribution in [0.4, 0.5) is 13.2 Å². The maximum Gasteiger partial charge on any atom is 0.307 e. The van der Waals surface area contributed by atoms with Crippen molar-refractivity contribution >= 4 is 17.7 Å². The van der Waals surface area contributed by atoms with Gasteiger partial charge in [-0.05, 0) is 29.9 Å². The Morgan fingerprint density at radius 1 is 1.23 bits per heavy atom. The van der Waals surface area contributed by atoms with Gasteiger partial charge in [-0.3, -0.25) is 9.78 Å². The van der Waals surface area contributed by atoms with Crippen molar-refractivity contribution in [2.75, 3.05) is 0 Å². The minimum Gasteiger partial charge on any atom is -0.481 e. The summed E-state index contributed by atoms with van der Waals surface area (Å²) in [4.78, 5) is 15.9. The maximum absolute atomic E-state index is 14.0. The highest BCUT2D eigenvalue weighted by atomic mass is 32.2. The van der Waals surface area contributed by atoms with Gasteiger partial charge in [-0.25, -0.2) is 13.2 Å². The first kappa shape index (κ1) is 20.3. The second-order valence-corrected chi connectivity index (χ2v) is 7.64. The number of nitrogens with zero attached hydrogens (tertiary/aromatic N) is 1. The van der Waals surface area contributed by atoms with Gasteiger partial charge in [0.1, 0.15) is 11.7 Å². The van der Waals surface area contributed by atoms with Gasteiger partial charge in [-0.2, -0.15) is 0 Å². The molecule has 2 atom stereocenters. The molecule has 0 amide bonds. The Hall–Kier alpha value is -2.02. The van der Waals surface area contributed by atoms with E-state index < -0.39 is 34.6 Å². The number of rotatable bonds is 6. The Kier molecular flexibility index (Phi) is 6.34. The summed E-state index contributed by atoms with van der Waals surface area (Å²) in [6, 6.07) is 1.76. The van der Waals surface area contributed by atoms with Gasteiger partial charge >= 0.3 is 5.97 Å². The molecular formula is C19H20F3NO2S. The summed E-state index contributed by atoms with van der Waals surface area (Å²) in [5.41, 5.74) is 2.75. The predicted molar refractivity (Wildman–Crippen MR) is 96.9 cm³/mol. The summed E-state index contributed by atoms with van der Waals surface area (Å²) in [6.07, 6.45) is 0.767. The van der Waals surface area contributed by atoms with Crippen molar-refractivity contribution < 1.29 is 23.1 Å². The zero-order valence-electron chi connectivity index (χ0n) is 14.8. The lowest BCUT2D eigenvalue weighted by Crippen LogP contribution is -2.20. The monoisotopic (exact) mass is 383 g/mol. The molecule has 1 aromatic rings. The third-order valence-electron chi connectivity index (χ3n) is 4.25. The number of aromatic nitrogens is 1.